The van der Waals surface area contributed by atoms with Gasteiger partial charge in [0.1, 0.15) is 24.4 Å². The summed E-state index contributed by atoms with van der Waals surface area (Å²) in [6, 6.07) is -1.03. The molecule has 0 aromatic carbocycles. The Morgan fingerprint density at radius 2 is 0.960 bits per heavy atom. The predicted octanol–water partition coefficient (Wildman–Crippen LogP) is 14.4. The molecule has 0 aromatic heterocycles. The predicted molar refractivity (Wildman–Crippen MR) is 310 cm³/mol. The molecule has 6 N–H and O–H groups in total. The SMILES string of the molecule is CC/C=C/C/C=C/C/C=C/CCCCCCC(=O)OC1C(OCC(NC(=O)C(O)CCCCCCCCCCCC/C=C\C/C=C\CCCCC)C(O)/C=C/CCCCCCCCCCCC)OC(CO)C(O)C1O. The number of nitrogens with one attached hydrogen (secondary N) is 1. The summed E-state index contributed by atoms with van der Waals surface area (Å²) in [4.78, 5) is 26.5. The molecule has 1 fully saturated rings. The van der Waals surface area contributed by atoms with E-state index in [4.69, 9.17) is 14.2 Å². The minimum absolute atomic E-state index is 0.0955. The first-order valence-electron chi connectivity index (χ1n) is 30.7. The Kier molecular flexibility index (Phi) is 48.5. The Hall–Kier alpha value is -2.90. The van der Waals surface area contributed by atoms with Crippen LogP contribution in [0, 0.1) is 0 Å². The second-order valence-electron chi connectivity index (χ2n) is 21.0. The van der Waals surface area contributed by atoms with Gasteiger partial charge in [0.25, 0.3) is 0 Å². The summed E-state index contributed by atoms with van der Waals surface area (Å²) in [6.45, 7) is 5.63. The Morgan fingerprint density at radius 3 is 1.47 bits per heavy atom. The van der Waals surface area contributed by atoms with Gasteiger partial charge in [-0.05, 0) is 89.9 Å². The number of carbonyl (C=O) groups is 2. The fourth-order valence-electron chi connectivity index (χ4n) is 9.22. The van der Waals surface area contributed by atoms with E-state index in [0.717, 1.165) is 96.3 Å². The van der Waals surface area contributed by atoms with Gasteiger partial charge < -0.3 is 45.1 Å². The van der Waals surface area contributed by atoms with Crippen LogP contribution in [0.4, 0.5) is 0 Å². The van der Waals surface area contributed by atoms with E-state index in [-0.39, 0.29) is 19.4 Å². The van der Waals surface area contributed by atoms with E-state index in [1.54, 1.807) is 6.08 Å². The molecule has 1 rings (SSSR count). The van der Waals surface area contributed by atoms with Crippen LogP contribution < -0.4 is 5.32 Å². The van der Waals surface area contributed by atoms with Gasteiger partial charge in [-0.1, -0.05) is 235 Å². The average molecular weight is 1060 g/mol. The number of ether oxygens (including phenoxy) is 3. The van der Waals surface area contributed by atoms with Crippen molar-refractivity contribution in [1.29, 1.82) is 0 Å². The number of rotatable bonds is 51. The second-order valence-corrected chi connectivity index (χ2v) is 21.0. The molecule has 8 unspecified atom stereocenters. The topological polar surface area (TPSA) is 175 Å². The van der Waals surface area contributed by atoms with Gasteiger partial charge in [0, 0.05) is 6.42 Å². The summed E-state index contributed by atoms with van der Waals surface area (Å²) < 4.78 is 17.6. The minimum atomic E-state index is -1.62. The van der Waals surface area contributed by atoms with Gasteiger partial charge >= 0.3 is 5.97 Å². The maximum absolute atomic E-state index is 13.4. The van der Waals surface area contributed by atoms with Crippen LogP contribution in [0.25, 0.3) is 0 Å². The first-order chi connectivity index (χ1) is 36.7. The van der Waals surface area contributed by atoms with Crippen molar-refractivity contribution in [3.63, 3.8) is 0 Å². The summed E-state index contributed by atoms with van der Waals surface area (Å²) in [6.07, 6.45) is 55.1. The highest BCUT2D eigenvalue weighted by Crippen LogP contribution is 2.26. The number of hydrogen-bond donors (Lipinski definition) is 6. The molecule has 0 saturated carbocycles. The van der Waals surface area contributed by atoms with E-state index >= 15 is 0 Å². The van der Waals surface area contributed by atoms with Crippen LogP contribution in [0.3, 0.4) is 0 Å². The summed E-state index contributed by atoms with van der Waals surface area (Å²) >= 11 is 0. The van der Waals surface area contributed by atoms with Gasteiger partial charge in [-0.2, -0.15) is 0 Å². The summed E-state index contributed by atoms with van der Waals surface area (Å²) in [5.41, 5.74) is 0. The lowest BCUT2D eigenvalue weighted by Crippen LogP contribution is -2.61. The van der Waals surface area contributed by atoms with Gasteiger partial charge in [-0.25, -0.2) is 0 Å². The Morgan fingerprint density at radius 1 is 0.533 bits per heavy atom. The first-order valence-corrected chi connectivity index (χ1v) is 30.7. The van der Waals surface area contributed by atoms with E-state index in [1.165, 1.54) is 116 Å². The summed E-state index contributed by atoms with van der Waals surface area (Å²) in [7, 11) is 0. The van der Waals surface area contributed by atoms with Crippen LogP contribution in [-0.2, 0) is 23.8 Å². The highest BCUT2D eigenvalue weighted by atomic mass is 16.7. The third-order valence-electron chi connectivity index (χ3n) is 14.1. The summed E-state index contributed by atoms with van der Waals surface area (Å²) in [5.74, 6) is -1.22. The number of allylic oxidation sites excluding steroid dienone is 11. The van der Waals surface area contributed by atoms with E-state index < -0.39 is 67.4 Å². The van der Waals surface area contributed by atoms with Gasteiger partial charge in [-0.3, -0.25) is 9.59 Å². The molecule has 11 nitrogen and oxygen atoms in total. The van der Waals surface area contributed by atoms with Crippen molar-refractivity contribution in [2.75, 3.05) is 13.2 Å². The van der Waals surface area contributed by atoms with Gasteiger partial charge in [0.15, 0.2) is 12.4 Å². The van der Waals surface area contributed by atoms with Crippen LogP contribution in [0.1, 0.15) is 258 Å². The zero-order valence-corrected chi connectivity index (χ0v) is 47.9. The first kappa shape index (κ1) is 70.1. The van der Waals surface area contributed by atoms with Gasteiger partial charge in [0.2, 0.25) is 5.91 Å². The smallest absolute Gasteiger partial charge is 0.306 e. The Bertz CT molecular complexity index is 1490. The fraction of sp³-hybridized carbons (Fsp3) is 0.781. The number of amides is 1. The van der Waals surface area contributed by atoms with Gasteiger partial charge in [0.05, 0.1) is 25.4 Å². The van der Waals surface area contributed by atoms with E-state index in [2.05, 4.69) is 86.8 Å². The minimum Gasteiger partial charge on any atom is -0.454 e. The lowest BCUT2D eigenvalue weighted by atomic mass is 9.99. The molecule has 0 spiro atoms. The molecule has 434 valence electrons. The number of carbonyl (C=O) groups excluding carboxylic acids is 2. The van der Waals surface area contributed by atoms with E-state index in [1.807, 2.05) is 6.08 Å². The Balaban J connectivity index is 2.68. The second kappa shape index (κ2) is 51.8. The standard InChI is InChI=1S/C64H113NO10/c1-4-7-10-13-16-19-22-25-27-28-29-30-31-32-33-36-39-42-45-48-51-57(68)63(72)65-55(56(67)50-47-44-41-38-35-24-21-18-15-12-9-6-3)54-73-64-62(61(71)60(70)58(53-66)74-64)75-59(69)52-49-46-43-40-37-34-26-23-20-17-14-11-8-5-2/h8,11,16-17,19-20,25-27,34,47,50,55-58,60-62,64,66-68,70-71H,4-7,9-10,12-15,18,21-24,28-33,35-46,48-49,51-54H2,1-3H3,(H,65,72)/b11-8+,19-16-,20-17+,27-25-,34-26+,50-47+. The molecular weight excluding hydrogens is 943 g/mol. The maximum Gasteiger partial charge on any atom is 0.306 e. The van der Waals surface area contributed by atoms with Crippen molar-refractivity contribution in [3.05, 3.63) is 72.9 Å². The van der Waals surface area contributed by atoms with Gasteiger partial charge in [-0.15, -0.1) is 0 Å². The van der Waals surface area contributed by atoms with E-state index in [9.17, 15) is 35.1 Å². The highest BCUT2D eigenvalue weighted by molar-refractivity contribution is 5.80. The molecule has 1 aliphatic heterocycles. The van der Waals surface area contributed by atoms with Crippen LogP contribution >= 0.6 is 0 Å². The van der Waals surface area contributed by atoms with Crippen molar-refractivity contribution in [2.45, 2.75) is 307 Å². The highest BCUT2D eigenvalue weighted by Gasteiger charge is 2.47. The third kappa shape index (κ3) is 40.0. The molecule has 11 heteroatoms. The molecule has 8 atom stereocenters. The third-order valence-corrected chi connectivity index (χ3v) is 14.1. The lowest BCUT2D eigenvalue weighted by molar-refractivity contribution is -0.305. The molecule has 75 heavy (non-hydrogen) atoms. The largest absolute Gasteiger partial charge is 0.454 e. The fourth-order valence-corrected chi connectivity index (χ4v) is 9.22. The van der Waals surface area contributed by atoms with Crippen LogP contribution in [-0.4, -0.2) is 99.6 Å². The number of aliphatic hydroxyl groups is 5. The molecule has 1 saturated heterocycles. The maximum atomic E-state index is 13.4. The number of hydrogen-bond acceptors (Lipinski definition) is 10. The van der Waals surface area contributed by atoms with Crippen molar-refractivity contribution in [1.82, 2.24) is 5.32 Å². The quantitative estimate of drug-likeness (QED) is 0.0195. The average Bonchev–Trinajstić information content (AvgIpc) is 3.41. The lowest BCUT2D eigenvalue weighted by Gasteiger charge is -2.41. The molecule has 0 aromatic rings. The van der Waals surface area contributed by atoms with E-state index in [0.29, 0.717) is 12.8 Å². The molecule has 1 heterocycles. The number of esters is 1. The van der Waals surface area contributed by atoms with Crippen LogP contribution in [0.5, 0.6) is 0 Å². The van der Waals surface area contributed by atoms with Crippen LogP contribution in [0.2, 0.25) is 0 Å². The monoisotopic (exact) mass is 1060 g/mol. The van der Waals surface area contributed by atoms with Crippen molar-refractivity contribution < 1.29 is 49.3 Å². The zero-order chi connectivity index (χ0) is 54.7. The van der Waals surface area contributed by atoms with Crippen molar-refractivity contribution >= 4 is 11.9 Å². The van der Waals surface area contributed by atoms with Crippen molar-refractivity contribution in [3.8, 4) is 0 Å². The summed E-state index contributed by atoms with van der Waals surface area (Å²) in [5, 5.41) is 56.9. The molecule has 0 radical (unpaired) electrons. The molecule has 1 aliphatic rings. The van der Waals surface area contributed by atoms with Crippen LogP contribution in [0.15, 0.2) is 72.9 Å². The number of aliphatic hydroxyl groups excluding tert-OH is 5. The van der Waals surface area contributed by atoms with Crippen molar-refractivity contribution in [2.24, 2.45) is 0 Å². The zero-order valence-electron chi connectivity index (χ0n) is 47.9. The molecular formula is C64H113NO10. The molecule has 1 amide bonds. The normalized spacial score (nSPS) is 19.7. The molecule has 0 bridgehead atoms. The Labute approximate surface area is 458 Å². The molecule has 0 aliphatic carbocycles. The number of unbranched alkanes of at least 4 members (excludes halogenated alkanes) is 27.